The van der Waals surface area contributed by atoms with Crippen molar-refractivity contribution in [2.75, 3.05) is 7.11 Å². The Morgan fingerprint density at radius 2 is 2.20 bits per heavy atom. The van der Waals surface area contributed by atoms with Gasteiger partial charge >= 0.3 is 0 Å². The van der Waals surface area contributed by atoms with Crippen LogP contribution in [-0.2, 0) is 11.2 Å². The van der Waals surface area contributed by atoms with Crippen LogP contribution in [0.4, 0.5) is 0 Å². The maximum Gasteiger partial charge on any atom is 0.174 e. The minimum Gasteiger partial charge on any atom is -0.497 e. The number of hydrogen-bond acceptors (Lipinski definition) is 3. The Hall–Kier alpha value is -1.64. The van der Waals surface area contributed by atoms with E-state index in [1.54, 1.807) is 13.2 Å². The van der Waals surface area contributed by atoms with Crippen LogP contribution >= 0.6 is 0 Å². The van der Waals surface area contributed by atoms with Gasteiger partial charge < -0.3 is 4.74 Å². The molecule has 0 saturated heterocycles. The molecule has 15 heavy (non-hydrogen) atoms. The number of rotatable bonds is 2. The normalized spacial score (nSPS) is 18.8. The van der Waals surface area contributed by atoms with Gasteiger partial charge in [-0.1, -0.05) is 6.07 Å². The van der Waals surface area contributed by atoms with Gasteiger partial charge in [0.25, 0.3) is 0 Å². The van der Waals surface area contributed by atoms with Crippen LogP contribution in [0.2, 0.25) is 0 Å². The van der Waals surface area contributed by atoms with Crippen LogP contribution in [0, 0.1) is 5.92 Å². The first-order valence-corrected chi connectivity index (χ1v) is 4.85. The highest BCUT2D eigenvalue weighted by Crippen LogP contribution is 2.30. The fraction of sp³-hybridized carbons (Fsp3) is 0.333. The smallest absolute Gasteiger partial charge is 0.174 e. The quantitative estimate of drug-likeness (QED) is 0.688. The molecule has 1 atom stereocenters. The number of methoxy groups -OCH3 is 1. The largest absolute Gasteiger partial charge is 0.497 e. The molecule has 0 bridgehead atoms. The summed E-state index contributed by atoms with van der Waals surface area (Å²) < 4.78 is 5.05. The van der Waals surface area contributed by atoms with E-state index in [1.807, 2.05) is 12.1 Å². The Morgan fingerprint density at radius 3 is 2.80 bits per heavy atom. The monoisotopic (exact) mass is 204 g/mol. The van der Waals surface area contributed by atoms with Crippen LogP contribution < -0.4 is 4.74 Å². The van der Waals surface area contributed by atoms with Crippen molar-refractivity contribution in [3.63, 3.8) is 0 Å². The minimum absolute atomic E-state index is 0.0600. The highest BCUT2D eigenvalue weighted by atomic mass is 16.5. The number of carbonyl (C=O) groups excluding carboxylic acids is 2. The van der Waals surface area contributed by atoms with Crippen molar-refractivity contribution >= 4 is 11.6 Å². The Balaban J connectivity index is 2.42. The lowest BCUT2D eigenvalue weighted by Gasteiger charge is -2.01. The summed E-state index contributed by atoms with van der Waals surface area (Å²) in [5, 5.41) is 0. The average molecular weight is 204 g/mol. The van der Waals surface area contributed by atoms with Crippen LogP contribution in [0.5, 0.6) is 5.75 Å². The van der Waals surface area contributed by atoms with Gasteiger partial charge in [0.1, 0.15) is 11.5 Å². The van der Waals surface area contributed by atoms with E-state index < -0.39 is 5.92 Å². The van der Waals surface area contributed by atoms with Crippen LogP contribution in [-0.4, -0.2) is 18.7 Å². The first-order chi connectivity index (χ1) is 7.13. The molecule has 3 heteroatoms. The Bertz CT molecular complexity index is 434. The zero-order valence-electron chi connectivity index (χ0n) is 8.74. The molecule has 78 valence electrons. The van der Waals surface area contributed by atoms with Crippen molar-refractivity contribution in [1.29, 1.82) is 0 Å². The molecule has 2 rings (SSSR count). The molecule has 1 unspecified atom stereocenters. The lowest BCUT2D eigenvalue weighted by atomic mass is 10.0. The highest BCUT2D eigenvalue weighted by molar-refractivity contribution is 6.13. The first kappa shape index (κ1) is 9.90. The van der Waals surface area contributed by atoms with Gasteiger partial charge in [0.2, 0.25) is 0 Å². The van der Waals surface area contributed by atoms with E-state index in [4.69, 9.17) is 4.74 Å². The molecule has 0 fully saturated rings. The molecule has 0 N–H and O–H groups in total. The van der Waals surface area contributed by atoms with Crippen molar-refractivity contribution in [3.8, 4) is 5.75 Å². The molecule has 0 amide bonds. The van der Waals surface area contributed by atoms with Gasteiger partial charge in [-0.05, 0) is 31.0 Å². The van der Waals surface area contributed by atoms with Crippen LogP contribution in [0.15, 0.2) is 18.2 Å². The summed E-state index contributed by atoms with van der Waals surface area (Å²) in [6, 6.07) is 5.38. The molecule has 0 heterocycles. The van der Waals surface area contributed by atoms with E-state index in [0.717, 1.165) is 5.56 Å². The number of ether oxygens (including phenoxy) is 1. The van der Waals surface area contributed by atoms with Crippen molar-refractivity contribution < 1.29 is 14.3 Å². The van der Waals surface area contributed by atoms with Gasteiger partial charge in [0.15, 0.2) is 5.78 Å². The van der Waals surface area contributed by atoms with Crippen LogP contribution in [0.3, 0.4) is 0 Å². The van der Waals surface area contributed by atoms with E-state index >= 15 is 0 Å². The van der Waals surface area contributed by atoms with E-state index in [2.05, 4.69) is 0 Å². The maximum absolute atomic E-state index is 11.8. The number of hydrogen-bond donors (Lipinski definition) is 0. The van der Waals surface area contributed by atoms with Gasteiger partial charge in [0, 0.05) is 5.56 Å². The van der Waals surface area contributed by atoms with E-state index in [1.165, 1.54) is 6.92 Å². The third-order valence-electron chi connectivity index (χ3n) is 2.81. The van der Waals surface area contributed by atoms with Crippen molar-refractivity contribution in [1.82, 2.24) is 0 Å². The standard InChI is InChI=1S/C12H12O3/c1-7(13)10-5-8-3-4-9(15-2)6-11(8)12(10)14/h3-4,6,10H,5H2,1-2H3. The van der Waals surface area contributed by atoms with Crippen molar-refractivity contribution in [2.24, 2.45) is 5.92 Å². The van der Waals surface area contributed by atoms with E-state index in [-0.39, 0.29) is 11.6 Å². The lowest BCUT2D eigenvalue weighted by molar-refractivity contribution is -0.119. The topological polar surface area (TPSA) is 43.4 Å². The Morgan fingerprint density at radius 1 is 1.47 bits per heavy atom. The third kappa shape index (κ3) is 1.54. The Kier molecular flexibility index (Phi) is 2.31. The number of Topliss-reactive ketones (excluding diaryl/α,β-unsaturated/α-hetero) is 2. The summed E-state index contributed by atoms with van der Waals surface area (Å²) >= 11 is 0. The van der Waals surface area contributed by atoms with E-state index in [9.17, 15) is 9.59 Å². The fourth-order valence-corrected chi connectivity index (χ4v) is 1.92. The maximum atomic E-state index is 11.8. The summed E-state index contributed by atoms with van der Waals surface area (Å²) in [5.41, 5.74) is 1.58. The molecule has 1 aromatic carbocycles. The molecule has 0 aliphatic heterocycles. The summed E-state index contributed by atoms with van der Waals surface area (Å²) in [4.78, 5) is 23.1. The molecule has 0 radical (unpaired) electrons. The number of benzene rings is 1. The summed E-state index contributed by atoms with van der Waals surface area (Å²) in [6.07, 6.45) is 0.535. The molecule has 0 spiro atoms. The summed E-state index contributed by atoms with van der Waals surface area (Å²) in [7, 11) is 1.56. The molecular weight excluding hydrogens is 192 g/mol. The van der Waals surface area contributed by atoms with Gasteiger partial charge in [0.05, 0.1) is 13.0 Å². The number of fused-ring (bicyclic) bond motifs is 1. The van der Waals surface area contributed by atoms with Gasteiger partial charge in [-0.2, -0.15) is 0 Å². The molecular formula is C12H12O3. The van der Waals surface area contributed by atoms with Gasteiger partial charge in [-0.25, -0.2) is 0 Å². The highest BCUT2D eigenvalue weighted by Gasteiger charge is 2.33. The van der Waals surface area contributed by atoms with Crippen molar-refractivity contribution in [3.05, 3.63) is 29.3 Å². The number of ketones is 2. The zero-order chi connectivity index (χ0) is 11.0. The van der Waals surface area contributed by atoms with Crippen LogP contribution in [0.25, 0.3) is 0 Å². The summed E-state index contributed by atoms with van der Waals surface area (Å²) in [5.74, 6) is 0.0463. The summed E-state index contributed by atoms with van der Waals surface area (Å²) in [6.45, 7) is 1.46. The molecule has 0 aromatic heterocycles. The minimum atomic E-state index is -0.480. The SMILES string of the molecule is COc1ccc2c(c1)C(=O)C(C(C)=O)C2. The molecule has 0 saturated carbocycles. The van der Waals surface area contributed by atoms with Gasteiger partial charge in [-0.15, -0.1) is 0 Å². The zero-order valence-corrected chi connectivity index (χ0v) is 8.74. The second-order valence-corrected chi connectivity index (χ2v) is 3.75. The fourth-order valence-electron chi connectivity index (χ4n) is 1.92. The van der Waals surface area contributed by atoms with Gasteiger partial charge in [-0.3, -0.25) is 9.59 Å². The van der Waals surface area contributed by atoms with E-state index in [0.29, 0.717) is 17.7 Å². The lowest BCUT2D eigenvalue weighted by Crippen LogP contribution is -2.17. The molecule has 1 aliphatic carbocycles. The first-order valence-electron chi connectivity index (χ1n) is 4.85. The second-order valence-electron chi connectivity index (χ2n) is 3.75. The third-order valence-corrected chi connectivity index (χ3v) is 2.81. The molecule has 1 aromatic rings. The second kappa shape index (κ2) is 3.50. The predicted octanol–water partition coefficient (Wildman–Crippen LogP) is 1.64. The number of carbonyl (C=O) groups is 2. The molecule has 3 nitrogen and oxygen atoms in total. The predicted molar refractivity (Wildman–Crippen MR) is 55.2 cm³/mol. The van der Waals surface area contributed by atoms with Crippen molar-refractivity contribution in [2.45, 2.75) is 13.3 Å². The molecule has 1 aliphatic rings. The van der Waals surface area contributed by atoms with Crippen LogP contribution in [0.1, 0.15) is 22.8 Å². The Labute approximate surface area is 88.1 Å². The average Bonchev–Trinajstić information content (AvgIpc) is 2.56.